The molecule has 6 nitrogen and oxygen atoms in total. The molecule has 1 atom stereocenters. The smallest absolute Gasteiger partial charge is 0.275 e. The third-order valence-corrected chi connectivity index (χ3v) is 5.04. The van der Waals surface area contributed by atoms with Gasteiger partial charge in [0.15, 0.2) is 5.69 Å². The number of nitrogens with zero attached hydrogens (tertiary/aromatic N) is 2. The van der Waals surface area contributed by atoms with Crippen LogP contribution in [-0.2, 0) is 4.79 Å². The van der Waals surface area contributed by atoms with Gasteiger partial charge in [-0.1, -0.05) is 29.8 Å². The van der Waals surface area contributed by atoms with Crippen LogP contribution < -0.4 is 5.32 Å². The number of rotatable bonds is 3. The van der Waals surface area contributed by atoms with E-state index in [0.29, 0.717) is 18.8 Å². The molecular formula is C21H22N4O2. The summed E-state index contributed by atoms with van der Waals surface area (Å²) in [5.74, 6) is -0.375. The minimum absolute atomic E-state index is 0.0403. The molecule has 27 heavy (non-hydrogen) atoms. The van der Waals surface area contributed by atoms with E-state index in [0.717, 1.165) is 35.0 Å². The summed E-state index contributed by atoms with van der Waals surface area (Å²) in [7, 11) is 0. The fourth-order valence-electron chi connectivity index (χ4n) is 3.58. The van der Waals surface area contributed by atoms with Crippen molar-refractivity contribution >= 4 is 28.4 Å². The monoisotopic (exact) mass is 362 g/mol. The molecule has 2 heterocycles. The molecule has 0 radical (unpaired) electrons. The zero-order valence-electron chi connectivity index (χ0n) is 15.2. The molecule has 138 valence electrons. The van der Waals surface area contributed by atoms with Crippen LogP contribution >= 0.6 is 0 Å². The number of carbonyl (C=O) groups excluding carboxylic acids is 2. The molecule has 2 aromatic carbocycles. The largest absolute Gasteiger partial charge is 0.336 e. The average molecular weight is 362 g/mol. The number of piperidine rings is 1. The standard InChI is InChI=1S/C21H22N4O2/c1-14-9-10-18-17(12-14)19(24-23-18)21(27)25-11-5-6-15(13-25)20(26)22-16-7-3-2-4-8-16/h2-4,7-10,12,15H,5-6,11,13H2,1H3,(H,22,26)(H,23,24)/t15-/m0/s1. The predicted molar refractivity (Wildman–Crippen MR) is 105 cm³/mol. The van der Waals surface area contributed by atoms with E-state index in [1.807, 2.05) is 55.5 Å². The first kappa shape index (κ1) is 17.3. The third-order valence-electron chi connectivity index (χ3n) is 5.04. The first-order valence-electron chi connectivity index (χ1n) is 9.22. The average Bonchev–Trinajstić information content (AvgIpc) is 3.11. The lowest BCUT2D eigenvalue weighted by atomic mass is 9.96. The molecule has 0 unspecified atom stereocenters. The van der Waals surface area contributed by atoms with Gasteiger partial charge in [-0.15, -0.1) is 0 Å². The molecule has 4 rings (SSSR count). The summed E-state index contributed by atoms with van der Waals surface area (Å²) >= 11 is 0. The molecule has 2 N–H and O–H groups in total. The van der Waals surface area contributed by atoms with Gasteiger partial charge in [-0.3, -0.25) is 14.7 Å². The molecule has 1 aliphatic heterocycles. The lowest BCUT2D eigenvalue weighted by Gasteiger charge is -2.31. The Hall–Kier alpha value is -3.15. The Balaban J connectivity index is 1.49. The van der Waals surface area contributed by atoms with Crippen molar-refractivity contribution in [1.82, 2.24) is 15.1 Å². The van der Waals surface area contributed by atoms with Crippen molar-refractivity contribution in [1.29, 1.82) is 0 Å². The maximum Gasteiger partial charge on any atom is 0.275 e. The number of amides is 2. The number of likely N-dealkylation sites (tertiary alicyclic amines) is 1. The van der Waals surface area contributed by atoms with Gasteiger partial charge in [-0.25, -0.2) is 0 Å². The van der Waals surface area contributed by atoms with Crippen LogP contribution in [0.5, 0.6) is 0 Å². The molecule has 3 aromatic rings. The van der Waals surface area contributed by atoms with Crippen LogP contribution in [0.1, 0.15) is 28.9 Å². The molecule has 2 amide bonds. The molecular weight excluding hydrogens is 340 g/mol. The van der Waals surface area contributed by atoms with E-state index in [-0.39, 0.29) is 17.7 Å². The second-order valence-electron chi connectivity index (χ2n) is 7.07. The van der Waals surface area contributed by atoms with Crippen molar-refractivity contribution in [3.8, 4) is 0 Å². The number of para-hydroxylation sites is 1. The number of carbonyl (C=O) groups is 2. The highest BCUT2D eigenvalue weighted by atomic mass is 16.2. The van der Waals surface area contributed by atoms with Crippen LogP contribution in [0, 0.1) is 12.8 Å². The number of H-pyrrole nitrogens is 1. The zero-order chi connectivity index (χ0) is 18.8. The number of anilines is 1. The van der Waals surface area contributed by atoms with Crippen LogP contribution in [-0.4, -0.2) is 40.0 Å². The molecule has 0 spiro atoms. The van der Waals surface area contributed by atoms with Crippen LogP contribution in [0.4, 0.5) is 5.69 Å². The molecule has 0 saturated carbocycles. The molecule has 0 bridgehead atoms. The fraction of sp³-hybridized carbons (Fsp3) is 0.286. The summed E-state index contributed by atoms with van der Waals surface area (Å²) in [5.41, 5.74) is 3.13. The Labute approximate surface area is 157 Å². The second kappa shape index (κ2) is 7.23. The molecule has 1 aliphatic rings. The van der Waals surface area contributed by atoms with Crippen molar-refractivity contribution in [3.05, 3.63) is 59.8 Å². The molecule has 1 saturated heterocycles. The van der Waals surface area contributed by atoms with Gasteiger partial charge in [-0.05, 0) is 44.0 Å². The number of hydrogen-bond acceptors (Lipinski definition) is 3. The quantitative estimate of drug-likeness (QED) is 0.750. The van der Waals surface area contributed by atoms with Crippen molar-refractivity contribution in [2.45, 2.75) is 19.8 Å². The van der Waals surface area contributed by atoms with Crippen molar-refractivity contribution in [2.75, 3.05) is 18.4 Å². The molecule has 6 heteroatoms. The summed E-state index contributed by atoms with van der Waals surface area (Å²) < 4.78 is 0. The Morgan fingerprint density at radius 1 is 1.19 bits per heavy atom. The van der Waals surface area contributed by atoms with Crippen LogP contribution in [0.2, 0.25) is 0 Å². The lowest BCUT2D eigenvalue weighted by molar-refractivity contribution is -0.121. The number of benzene rings is 2. The maximum atomic E-state index is 13.0. The van der Waals surface area contributed by atoms with E-state index in [9.17, 15) is 9.59 Å². The first-order valence-corrected chi connectivity index (χ1v) is 9.22. The van der Waals surface area contributed by atoms with Crippen molar-refractivity contribution in [2.24, 2.45) is 5.92 Å². The topological polar surface area (TPSA) is 78.1 Å². The number of aromatic nitrogens is 2. The molecule has 0 aliphatic carbocycles. The number of nitrogens with one attached hydrogen (secondary N) is 2. The summed E-state index contributed by atoms with van der Waals surface area (Å²) in [4.78, 5) is 27.4. The van der Waals surface area contributed by atoms with E-state index in [1.54, 1.807) is 4.90 Å². The summed E-state index contributed by atoms with van der Waals surface area (Å²) in [5, 5.41) is 10.9. The van der Waals surface area contributed by atoms with E-state index in [2.05, 4.69) is 15.5 Å². The number of aromatic amines is 1. The van der Waals surface area contributed by atoms with Gasteiger partial charge in [0.1, 0.15) is 0 Å². The number of hydrogen-bond donors (Lipinski definition) is 2. The Kier molecular flexibility index (Phi) is 4.62. The minimum Gasteiger partial charge on any atom is -0.336 e. The van der Waals surface area contributed by atoms with Crippen molar-refractivity contribution in [3.63, 3.8) is 0 Å². The van der Waals surface area contributed by atoms with Gasteiger partial charge in [0.2, 0.25) is 5.91 Å². The summed E-state index contributed by atoms with van der Waals surface area (Å²) in [6.45, 7) is 3.05. The SMILES string of the molecule is Cc1ccc2[nH]nc(C(=O)N3CCC[C@H](C(=O)Nc4ccccc4)C3)c2c1. The van der Waals surface area contributed by atoms with Gasteiger partial charge in [0.25, 0.3) is 5.91 Å². The van der Waals surface area contributed by atoms with Crippen LogP contribution in [0.25, 0.3) is 10.9 Å². The molecule has 1 aromatic heterocycles. The second-order valence-corrected chi connectivity index (χ2v) is 7.07. The van der Waals surface area contributed by atoms with Crippen LogP contribution in [0.3, 0.4) is 0 Å². The highest BCUT2D eigenvalue weighted by Gasteiger charge is 2.30. The Morgan fingerprint density at radius 2 is 2.00 bits per heavy atom. The first-order chi connectivity index (χ1) is 13.1. The maximum absolute atomic E-state index is 13.0. The Bertz CT molecular complexity index is 980. The lowest BCUT2D eigenvalue weighted by Crippen LogP contribution is -2.44. The number of aryl methyl sites for hydroxylation is 1. The van der Waals surface area contributed by atoms with E-state index in [4.69, 9.17) is 0 Å². The van der Waals surface area contributed by atoms with E-state index >= 15 is 0 Å². The Morgan fingerprint density at radius 3 is 2.81 bits per heavy atom. The fourth-order valence-corrected chi connectivity index (χ4v) is 3.58. The van der Waals surface area contributed by atoms with Crippen molar-refractivity contribution < 1.29 is 9.59 Å². The van der Waals surface area contributed by atoms with Gasteiger partial charge in [-0.2, -0.15) is 5.10 Å². The van der Waals surface area contributed by atoms with E-state index in [1.165, 1.54) is 0 Å². The van der Waals surface area contributed by atoms with Gasteiger partial charge < -0.3 is 10.2 Å². The summed E-state index contributed by atoms with van der Waals surface area (Å²) in [6.07, 6.45) is 1.59. The zero-order valence-corrected chi connectivity index (χ0v) is 15.2. The van der Waals surface area contributed by atoms with Crippen LogP contribution in [0.15, 0.2) is 48.5 Å². The highest BCUT2D eigenvalue weighted by molar-refractivity contribution is 6.05. The number of fused-ring (bicyclic) bond motifs is 1. The minimum atomic E-state index is -0.213. The van der Waals surface area contributed by atoms with E-state index < -0.39 is 0 Å². The molecule has 1 fully saturated rings. The highest BCUT2D eigenvalue weighted by Crippen LogP contribution is 2.23. The predicted octanol–water partition coefficient (Wildman–Crippen LogP) is 3.36. The van der Waals surface area contributed by atoms with Gasteiger partial charge in [0, 0.05) is 24.2 Å². The normalized spacial score (nSPS) is 17.1. The van der Waals surface area contributed by atoms with Gasteiger partial charge >= 0.3 is 0 Å². The van der Waals surface area contributed by atoms with Gasteiger partial charge in [0.05, 0.1) is 11.4 Å². The third kappa shape index (κ3) is 3.56. The summed E-state index contributed by atoms with van der Waals surface area (Å²) in [6, 6.07) is 15.3.